The number of aromatic nitrogens is 1. The maximum atomic E-state index is 12.1. The van der Waals surface area contributed by atoms with Gasteiger partial charge in [-0.05, 0) is 42.7 Å². The molecule has 2 fully saturated rings. The molecule has 25 heavy (non-hydrogen) atoms. The minimum atomic E-state index is -0.155. The number of pyridine rings is 1. The summed E-state index contributed by atoms with van der Waals surface area (Å²) < 4.78 is 11.2. The summed E-state index contributed by atoms with van der Waals surface area (Å²) in [5.41, 5.74) is 1.28. The van der Waals surface area contributed by atoms with Crippen molar-refractivity contribution in [2.75, 3.05) is 19.7 Å². The maximum absolute atomic E-state index is 12.1. The Morgan fingerprint density at radius 3 is 2.96 bits per heavy atom. The van der Waals surface area contributed by atoms with Gasteiger partial charge in [0.25, 0.3) is 5.91 Å². The summed E-state index contributed by atoms with van der Waals surface area (Å²) in [6.45, 7) is 3.26. The van der Waals surface area contributed by atoms with Crippen molar-refractivity contribution in [1.82, 2.24) is 15.2 Å². The lowest BCUT2D eigenvalue weighted by Gasteiger charge is -2.39. The van der Waals surface area contributed by atoms with Crippen molar-refractivity contribution in [2.45, 2.75) is 31.5 Å². The third-order valence-electron chi connectivity index (χ3n) is 5.24. The summed E-state index contributed by atoms with van der Waals surface area (Å²) in [6, 6.07) is 7.97. The average Bonchev–Trinajstić information content (AvgIpc) is 3.31. The average molecular weight is 341 g/mol. The van der Waals surface area contributed by atoms with Crippen molar-refractivity contribution in [2.24, 2.45) is 5.92 Å². The van der Waals surface area contributed by atoms with Crippen molar-refractivity contribution < 1.29 is 13.9 Å². The van der Waals surface area contributed by atoms with Crippen molar-refractivity contribution >= 4 is 5.91 Å². The zero-order valence-electron chi connectivity index (χ0n) is 14.1. The highest BCUT2D eigenvalue weighted by Gasteiger charge is 2.42. The third-order valence-corrected chi connectivity index (χ3v) is 5.24. The van der Waals surface area contributed by atoms with E-state index in [2.05, 4.69) is 27.3 Å². The number of ether oxygens (including phenoxy) is 1. The van der Waals surface area contributed by atoms with Crippen LogP contribution in [0, 0.1) is 5.92 Å². The van der Waals surface area contributed by atoms with Gasteiger partial charge in [0, 0.05) is 44.0 Å². The number of amides is 1. The van der Waals surface area contributed by atoms with Gasteiger partial charge in [-0.25, -0.2) is 0 Å². The fourth-order valence-corrected chi connectivity index (χ4v) is 3.99. The van der Waals surface area contributed by atoms with Crippen molar-refractivity contribution in [3.8, 4) is 0 Å². The van der Waals surface area contributed by atoms with E-state index in [4.69, 9.17) is 9.15 Å². The molecule has 0 aromatic carbocycles. The summed E-state index contributed by atoms with van der Waals surface area (Å²) in [5.74, 6) is 0.556. The number of furan rings is 1. The zero-order valence-corrected chi connectivity index (χ0v) is 14.1. The predicted octanol–water partition coefficient (Wildman–Crippen LogP) is 2.08. The summed E-state index contributed by atoms with van der Waals surface area (Å²) in [7, 11) is 0. The number of rotatable bonds is 5. The number of hydrogen-bond acceptors (Lipinski definition) is 5. The fraction of sp³-hybridized carbons (Fsp3) is 0.474. The second-order valence-electron chi connectivity index (χ2n) is 6.75. The van der Waals surface area contributed by atoms with E-state index in [-0.39, 0.29) is 12.0 Å². The van der Waals surface area contributed by atoms with E-state index >= 15 is 0 Å². The van der Waals surface area contributed by atoms with Gasteiger partial charge in [0.1, 0.15) is 0 Å². The van der Waals surface area contributed by atoms with Crippen molar-refractivity contribution in [3.63, 3.8) is 0 Å². The van der Waals surface area contributed by atoms with Crippen LogP contribution in [0.3, 0.4) is 0 Å². The lowest BCUT2D eigenvalue weighted by molar-refractivity contribution is -0.0757. The molecule has 1 saturated heterocycles. The number of carbonyl (C=O) groups is 1. The first-order chi connectivity index (χ1) is 12.3. The van der Waals surface area contributed by atoms with Crippen LogP contribution < -0.4 is 5.32 Å². The Morgan fingerprint density at radius 2 is 2.16 bits per heavy atom. The molecule has 1 amide bonds. The standard InChI is InChI=1S/C19H23N3O3/c23-19(17-2-1-10-24-17)21-12-15-3-4-16-18(15)25-11-9-22(16)13-14-5-7-20-8-6-14/h1-2,5-8,10,15-16,18H,3-4,9,11-13H2,(H,21,23). The molecule has 4 rings (SSSR count). The monoisotopic (exact) mass is 341 g/mol. The van der Waals surface area contributed by atoms with Crippen LogP contribution in [0.5, 0.6) is 0 Å². The summed E-state index contributed by atoms with van der Waals surface area (Å²) in [5, 5.41) is 2.99. The fourth-order valence-electron chi connectivity index (χ4n) is 3.99. The van der Waals surface area contributed by atoms with Crippen LogP contribution in [0.4, 0.5) is 0 Å². The SMILES string of the molecule is O=C(NCC1CCC2C1OCCN2Cc1ccncc1)c1ccco1. The van der Waals surface area contributed by atoms with E-state index in [0.29, 0.717) is 24.3 Å². The largest absolute Gasteiger partial charge is 0.459 e. The molecule has 2 aromatic rings. The van der Waals surface area contributed by atoms with Gasteiger partial charge in [-0.3, -0.25) is 14.7 Å². The molecule has 3 atom stereocenters. The first-order valence-electron chi connectivity index (χ1n) is 8.87. The Kier molecular flexibility index (Phi) is 4.81. The number of nitrogens with zero attached hydrogens (tertiary/aromatic N) is 2. The number of morpholine rings is 1. The molecule has 132 valence electrons. The smallest absolute Gasteiger partial charge is 0.286 e. The van der Waals surface area contributed by atoms with Crippen LogP contribution in [0.15, 0.2) is 47.3 Å². The van der Waals surface area contributed by atoms with E-state index in [0.717, 1.165) is 32.5 Å². The number of carbonyl (C=O) groups excluding carboxylic acids is 1. The molecule has 0 bridgehead atoms. The number of hydrogen-bond donors (Lipinski definition) is 1. The number of fused-ring (bicyclic) bond motifs is 1. The quantitative estimate of drug-likeness (QED) is 0.902. The minimum Gasteiger partial charge on any atom is -0.459 e. The van der Waals surface area contributed by atoms with Crippen molar-refractivity contribution in [1.29, 1.82) is 0 Å². The highest BCUT2D eigenvalue weighted by molar-refractivity contribution is 5.91. The minimum absolute atomic E-state index is 0.155. The molecule has 1 N–H and O–H groups in total. The molecular weight excluding hydrogens is 318 g/mol. The third kappa shape index (κ3) is 3.60. The van der Waals surface area contributed by atoms with E-state index in [1.165, 1.54) is 11.8 Å². The molecule has 3 heterocycles. The van der Waals surface area contributed by atoms with Crippen molar-refractivity contribution in [3.05, 3.63) is 54.2 Å². The van der Waals surface area contributed by atoms with Gasteiger partial charge in [0.2, 0.25) is 0 Å². The Balaban J connectivity index is 1.35. The van der Waals surface area contributed by atoms with E-state index in [1.54, 1.807) is 12.1 Å². The van der Waals surface area contributed by atoms with Crippen LogP contribution in [-0.2, 0) is 11.3 Å². The van der Waals surface area contributed by atoms with E-state index in [1.807, 2.05) is 12.4 Å². The van der Waals surface area contributed by atoms with Crippen LogP contribution in [0.25, 0.3) is 0 Å². The number of nitrogens with one attached hydrogen (secondary N) is 1. The Morgan fingerprint density at radius 1 is 1.28 bits per heavy atom. The Labute approximate surface area is 147 Å². The topological polar surface area (TPSA) is 67.6 Å². The van der Waals surface area contributed by atoms with Crippen LogP contribution in [-0.4, -0.2) is 47.6 Å². The molecule has 2 aliphatic rings. The predicted molar refractivity (Wildman–Crippen MR) is 91.9 cm³/mol. The summed E-state index contributed by atoms with van der Waals surface area (Å²) in [6.07, 6.45) is 7.57. The normalized spacial score (nSPS) is 26.3. The van der Waals surface area contributed by atoms with E-state index in [9.17, 15) is 4.79 Å². The molecule has 1 saturated carbocycles. The molecule has 0 radical (unpaired) electrons. The van der Waals surface area contributed by atoms with Gasteiger partial charge in [-0.15, -0.1) is 0 Å². The second kappa shape index (κ2) is 7.37. The van der Waals surface area contributed by atoms with Gasteiger partial charge in [-0.2, -0.15) is 0 Å². The zero-order chi connectivity index (χ0) is 17.1. The molecule has 0 spiro atoms. The van der Waals surface area contributed by atoms with Gasteiger partial charge >= 0.3 is 0 Å². The lowest BCUT2D eigenvalue weighted by Crippen LogP contribution is -2.50. The van der Waals surface area contributed by atoms with Gasteiger partial charge < -0.3 is 14.5 Å². The highest BCUT2D eigenvalue weighted by Crippen LogP contribution is 2.35. The Hall–Kier alpha value is -2.18. The van der Waals surface area contributed by atoms with Crippen LogP contribution in [0.2, 0.25) is 0 Å². The van der Waals surface area contributed by atoms with E-state index < -0.39 is 0 Å². The first-order valence-corrected chi connectivity index (χ1v) is 8.87. The molecule has 1 aliphatic heterocycles. The molecular formula is C19H23N3O3. The van der Waals surface area contributed by atoms with Gasteiger partial charge in [0.15, 0.2) is 5.76 Å². The lowest BCUT2D eigenvalue weighted by atomic mass is 10.0. The molecule has 1 aliphatic carbocycles. The molecule has 6 heteroatoms. The first kappa shape index (κ1) is 16.3. The maximum Gasteiger partial charge on any atom is 0.286 e. The van der Waals surface area contributed by atoms with Gasteiger partial charge in [0.05, 0.1) is 19.0 Å². The van der Waals surface area contributed by atoms with Crippen LogP contribution in [0.1, 0.15) is 29.0 Å². The second-order valence-corrected chi connectivity index (χ2v) is 6.75. The molecule has 2 aromatic heterocycles. The Bertz CT molecular complexity index is 689. The molecule has 6 nitrogen and oxygen atoms in total. The molecule has 3 unspecified atom stereocenters. The van der Waals surface area contributed by atoms with Crippen LogP contribution >= 0.6 is 0 Å². The highest BCUT2D eigenvalue weighted by atomic mass is 16.5. The van der Waals surface area contributed by atoms with Gasteiger partial charge in [-0.1, -0.05) is 0 Å². The summed E-state index contributed by atoms with van der Waals surface area (Å²) in [4.78, 5) is 18.7. The summed E-state index contributed by atoms with van der Waals surface area (Å²) >= 11 is 0.